The van der Waals surface area contributed by atoms with E-state index < -0.39 is 0 Å². The van der Waals surface area contributed by atoms with Crippen LogP contribution in [0.1, 0.15) is 22.8 Å². The van der Waals surface area contributed by atoms with Crippen molar-refractivity contribution < 1.29 is 9.53 Å². The Bertz CT molecular complexity index is 611. The minimum absolute atomic E-state index is 0.0256. The van der Waals surface area contributed by atoms with Gasteiger partial charge in [-0.3, -0.25) is 4.79 Å². The topological polar surface area (TPSA) is 26.3 Å². The molecule has 0 aliphatic heterocycles. The molecule has 0 atom stereocenters. The second-order valence-corrected chi connectivity index (χ2v) is 5.47. The molecule has 0 bridgehead atoms. The first-order valence-electron chi connectivity index (χ1n) is 5.74. The van der Waals surface area contributed by atoms with Gasteiger partial charge in [0.25, 0.3) is 0 Å². The summed E-state index contributed by atoms with van der Waals surface area (Å²) >= 11 is 9.26. The molecule has 0 amide bonds. The van der Waals surface area contributed by atoms with Crippen LogP contribution in [0.2, 0.25) is 5.02 Å². The molecule has 0 fully saturated rings. The van der Waals surface area contributed by atoms with Gasteiger partial charge in [0.05, 0.1) is 5.56 Å². The van der Waals surface area contributed by atoms with Crippen molar-refractivity contribution in [3.8, 4) is 5.75 Å². The molecule has 0 saturated carbocycles. The zero-order valence-corrected chi connectivity index (χ0v) is 12.7. The highest BCUT2D eigenvalue weighted by Crippen LogP contribution is 2.24. The normalized spacial score (nSPS) is 10.3. The van der Waals surface area contributed by atoms with Crippen LogP contribution in [0.3, 0.4) is 0 Å². The van der Waals surface area contributed by atoms with E-state index in [2.05, 4.69) is 15.9 Å². The molecular formula is C15H12BrClO2. The summed E-state index contributed by atoms with van der Waals surface area (Å²) in [6, 6.07) is 12.8. The quantitative estimate of drug-likeness (QED) is 0.742. The number of hydrogen-bond acceptors (Lipinski definition) is 2. The lowest BCUT2D eigenvalue weighted by Crippen LogP contribution is -2.01. The van der Waals surface area contributed by atoms with E-state index in [1.807, 2.05) is 30.3 Å². The third kappa shape index (κ3) is 3.82. The summed E-state index contributed by atoms with van der Waals surface area (Å²) in [5.41, 5.74) is 1.53. The van der Waals surface area contributed by atoms with Crippen molar-refractivity contribution in [2.45, 2.75) is 13.5 Å². The lowest BCUT2D eigenvalue weighted by atomic mass is 10.1. The van der Waals surface area contributed by atoms with E-state index in [9.17, 15) is 4.79 Å². The largest absolute Gasteiger partial charge is 0.488 e. The smallest absolute Gasteiger partial charge is 0.163 e. The first-order valence-corrected chi connectivity index (χ1v) is 6.91. The molecule has 2 rings (SSSR count). The third-order valence-corrected chi connectivity index (χ3v) is 3.33. The van der Waals surface area contributed by atoms with Gasteiger partial charge in [-0.05, 0) is 42.8 Å². The lowest BCUT2D eigenvalue weighted by molar-refractivity contribution is 0.101. The van der Waals surface area contributed by atoms with Gasteiger partial charge in [-0.2, -0.15) is 0 Å². The van der Waals surface area contributed by atoms with Crippen LogP contribution in [0.5, 0.6) is 5.75 Å². The molecule has 0 heterocycles. The molecule has 2 nitrogen and oxygen atoms in total. The van der Waals surface area contributed by atoms with E-state index in [0.717, 1.165) is 10.0 Å². The van der Waals surface area contributed by atoms with Gasteiger partial charge in [-0.15, -0.1) is 0 Å². The van der Waals surface area contributed by atoms with Crippen LogP contribution < -0.4 is 4.74 Å². The van der Waals surface area contributed by atoms with E-state index in [1.54, 1.807) is 12.1 Å². The number of ketones is 1. The van der Waals surface area contributed by atoms with Gasteiger partial charge in [0, 0.05) is 9.50 Å². The number of hydrogen-bond donors (Lipinski definition) is 0. The van der Waals surface area contributed by atoms with Gasteiger partial charge in [0.1, 0.15) is 12.4 Å². The molecule has 19 heavy (non-hydrogen) atoms. The van der Waals surface area contributed by atoms with Crippen LogP contribution in [0.4, 0.5) is 0 Å². The third-order valence-electron chi connectivity index (χ3n) is 2.60. The van der Waals surface area contributed by atoms with E-state index in [4.69, 9.17) is 16.3 Å². The number of rotatable bonds is 4. The van der Waals surface area contributed by atoms with Gasteiger partial charge < -0.3 is 4.74 Å². The number of carbonyl (C=O) groups is 1. The predicted molar refractivity (Wildman–Crippen MR) is 79.9 cm³/mol. The summed E-state index contributed by atoms with van der Waals surface area (Å²) < 4.78 is 6.55. The molecule has 0 saturated heterocycles. The standard InChI is InChI=1S/C15H12BrClO2/c1-10(18)14-8-12(16)5-6-15(14)19-9-11-3-2-4-13(17)7-11/h2-8H,9H2,1H3. The van der Waals surface area contributed by atoms with Gasteiger partial charge in [-0.25, -0.2) is 0 Å². The summed E-state index contributed by atoms with van der Waals surface area (Å²) in [5.74, 6) is 0.554. The number of halogens is 2. The van der Waals surface area contributed by atoms with Gasteiger partial charge >= 0.3 is 0 Å². The van der Waals surface area contributed by atoms with E-state index in [1.165, 1.54) is 6.92 Å². The van der Waals surface area contributed by atoms with Crippen LogP contribution in [0.15, 0.2) is 46.9 Å². The Kier molecular flexibility index (Phi) is 4.61. The van der Waals surface area contributed by atoms with Gasteiger partial charge in [0.2, 0.25) is 0 Å². The highest BCUT2D eigenvalue weighted by Gasteiger charge is 2.09. The fraction of sp³-hybridized carbons (Fsp3) is 0.133. The molecule has 0 N–H and O–H groups in total. The van der Waals surface area contributed by atoms with Crippen molar-refractivity contribution >= 4 is 33.3 Å². The molecule has 98 valence electrons. The highest BCUT2D eigenvalue weighted by molar-refractivity contribution is 9.10. The van der Waals surface area contributed by atoms with Gasteiger partial charge in [0.15, 0.2) is 5.78 Å². The summed E-state index contributed by atoms with van der Waals surface area (Å²) in [6.45, 7) is 1.90. The summed E-state index contributed by atoms with van der Waals surface area (Å²) in [4.78, 5) is 11.6. The molecule has 4 heteroatoms. The Hall–Kier alpha value is -1.32. The molecule has 0 spiro atoms. The fourth-order valence-corrected chi connectivity index (χ4v) is 2.27. The van der Waals surface area contributed by atoms with Crippen LogP contribution >= 0.6 is 27.5 Å². The lowest BCUT2D eigenvalue weighted by Gasteiger charge is -2.10. The summed E-state index contributed by atoms with van der Waals surface area (Å²) in [7, 11) is 0. The van der Waals surface area contributed by atoms with Crippen molar-refractivity contribution in [3.63, 3.8) is 0 Å². The van der Waals surface area contributed by atoms with E-state index in [0.29, 0.717) is 22.9 Å². The second-order valence-electron chi connectivity index (χ2n) is 4.12. The number of benzene rings is 2. The first kappa shape index (κ1) is 14.1. The van der Waals surface area contributed by atoms with Crippen molar-refractivity contribution in [1.29, 1.82) is 0 Å². The highest BCUT2D eigenvalue weighted by atomic mass is 79.9. The Balaban J connectivity index is 2.17. The fourth-order valence-electron chi connectivity index (χ4n) is 1.69. The van der Waals surface area contributed by atoms with Crippen LogP contribution in [0.25, 0.3) is 0 Å². The van der Waals surface area contributed by atoms with Crippen molar-refractivity contribution in [2.75, 3.05) is 0 Å². The Labute approximate surface area is 125 Å². The first-order chi connectivity index (χ1) is 9.06. The number of ether oxygens (including phenoxy) is 1. The molecule has 0 unspecified atom stereocenters. The predicted octanol–water partition coefficient (Wildman–Crippen LogP) is 4.88. The molecule has 0 aromatic heterocycles. The minimum atomic E-state index is -0.0256. The second kappa shape index (κ2) is 6.22. The molecule has 0 aliphatic rings. The maximum atomic E-state index is 11.6. The van der Waals surface area contributed by atoms with Crippen molar-refractivity contribution in [1.82, 2.24) is 0 Å². The maximum absolute atomic E-state index is 11.6. The molecule has 2 aromatic rings. The van der Waals surface area contributed by atoms with Crippen LogP contribution in [-0.2, 0) is 6.61 Å². The minimum Gasteiger partial charge on any atom is -0.488 e. The average Bonchev–Trinajstić information content (AvgIpc) is 2.37. The van der Waals surface area contributed by atoms with Gasteiger partial charge in [-0.1, -0.05) is 39.7 Å². The SMILES string of the molecule is CC(=O)c1cc(Br)ccc1OCc1cccc(Cl)c1. The molecule has 0 aliphatic carbocycles. The maximum Gasteiger partial charge on any atom is 0.163 e. The van der Waals surface area contributed by atoms with Crippen LogP contribution in [-0.4, -0.2) is 5.78 Å². The Morgan fingerprint density at radius 1 is 1.26 bits per heavy atom. The number of carbonyl (C=O) groups excluding carboxylic acids is 1. The molecule has 0 radical (unpaired) electrons. The summed E-state index contributed by atoms with van der Waals surface area (Å²) in [6.07, 6.45) is 0. The average molecular weight is 340 g/mol. The van der Waals surface area contributed by atoms with Crippen molar-refractivity contribution in [2.24, 2.45) is 0 Å². The zero-order valence-electron chi connectivity index (χ0n) is 10.3. The zero-order chi connectivity index (χ0) is 13.8. The van der Waals surface area contributed by atoms with Crippen molar-refractivity contribution in [3.05, 3.63) is 63.1 Å². The number of Topliss-reactive ketones (excluding diaryl/α,β-unsaturated/α-hetero) is 1. The Morgan fingerprint density at radius 3 is 2.74 bits per heavy atom. The summed E-state index contributed by atoms with van der Waals surface area (Å²) in [5, 5.41) is 0.670. The molecule has 2 aromatic carbocycles. The van der Waals surface area contributed by atoms with E-state index >= 15 is 0 Å². The van der Waals surface area contributed by atoms with E-state index in [-0.39, 0.29) is 5.78 Å². The Morgan fingerprint density at radius 2 is 2.05 bits per heavy atom. The monoisotopic (exact) mass is 338 g/mol. The molecular weight excluding hydrogens is 328 g/mol. The van der Waals surface area contributed by atoms with Crippen LogP contribution in [0, 0.1) is 0 Å².